The summed E-state index contributed by atoms with van der Waals surface area (Å²) in [7, 11) is 4.06. The van der Waals surface area contributed by atoms with E-state index in [2.05, 4.69) is 22.5 Å². The molecule has 1 aliphatic rings. The van der Waals surface area contributed by atoms with E-state index in [9.17, 15) is 4.79 Å². The number of carbonyl (C=O) groups excluding carboxylic acids is 1. The minimum atomic E-state index is 0.102. The van der Waals surface area contributed by atoms with Gasteiger partial charge in [-0.1, -0.05) is 6.42 Å². The number of likely N-dealkylation sites (tertiary alicyclic amines) is 1. The van der Waals surface area contributed by atoms with E-state index in [4.69, 9.17) is 9.41 Å². The first kappa shape index (κ1) is 21.3. The van der Waals surface area contributed by atoms with Crippen LogP contribution in [-0.2, 0) is 4.79 Å². The Kier molecular flexibility index (Phi) is 9.18. The molecule has 1 atom stereocenters. The minimum Gasteiger partial charge on any atom is -0.468 e. The molecule has 2 heterocycles. The van der Waals surface area contributed by atoms with Gasteiger partial charge in [0.1, 0.15) is 5.76 Å². The van der Waals surface area contributed by atoms with Crippen molar-refractivity contribution < 1.29 is 9.21 Å². The highest BCUT2D eigenvalue weighted by Crippen LogP contribution is 2.18. The molecule has 1 unspecified atom stereocenters. The van der Waals surface area contributed by atoms with Crippen LogP contribution in [0.25, 0.3) is 0 Å². The smallest absolute Gasteiger partial charge is 0.222 e. The van der Waals surface area contributed by atoms with E-state index in [0.717, 1.165) is 57.2 Å². The Bertz CT molecular complexity index is 571. The Morgan fingerprint density at radius 2 is 2.19 bits per heavy atom. The maximum atomic E-state index is 12.1. The van der Waals surface area contributed by atoms with Crippen molar-refractivity contribution in [3.05, 3.63) is 24.2 Å². The van der Waals surface area contributed by atoms with Crippen LogP contribution in [0.1, 0.15) is 50.8 Å². The maximum absolute atomic E-state index is 12.1. The SMILES string of the molecule is CCNC(=NCC(c1ccco1)N(C)C)NCCCN1CCCCCC1=O. The van der Waals surface area contributed by atoms with E-state index in [-0.39, 0.29) is 6.04 Å². The second-order valence-corrected chi connectivity index (χ2v) is 7.19. The summed E-state index contributed by atoms with van der Waals surface area (Å²) >= 11 is 0. The Hall–Kier alpha value is -2.02. The predicted molar refractivity (Wildman–Crippen MR) is 109 cm³/mol. The number of furan rings is 1. The lowest BCUT2D eigenvalue weighted by atomic mass is 10.2. The van der Waals surface area contributed by atoms with Crippen LogP contribution < -0.4 is 10.6 Å². The molecule has 2 rings (SSSR count). The molecule has 7 heteroatoms. The molecule has 1 aromatic heterocycles. The van der Waals surface area contributed by atoms with Crippen molar-refractivity contribution in [3.63, 3.8) is 0 Å². The molecule has 1 aliphatic heterocycles. The van der Waals surface area contributed by atoms with E-state index in [1.165, 1.54) is 6.42 Å². The lowest BCUT2D eigenvalue weighted by molar-refractivity contribution is -0.130. The number of aliphatic imine (C=N–C) groups is 1. The van der Waals surface area contributed by atoms with Crippen LogP contribution in [-0.4, -0.2) is 68.5 Å². The van der Waals surface area contributed by atoms with Gasteiger partial charge in [-0.15, -0.1) is 0 Å². The second kappa shape index (κ2) is 11.6. The fourth-order valence-corrected chi connectivity index (χ4v) is 3.26. The number of rotatable bonds is 9. The molecule has 0 aromatic carbocycles. The molecule has 0 spiro atoms. The van der Waals surface area contributed by atoms with Crippen LogP contribution in [0, 0.1) is 0 Å². The fourth-order valence-electron chi connectivity index (χ4n) is 3.26. The third-order valence-electron chi connectivity index (χ3n) is 4.83. The zero-order chi connectivity index (χ0) is 19.5. The molecule has 27 heavy (non-hydrogen) atoms. The minimum absolute atomic E-state index is 0.102. The van der Waals surface area contributed by atoms with Crippen molar-refractivity contribution in [2.24, 2.45) is 4.99 Å². The third kappa shape index (κ3) is 7.25. The van der Waals surface area contributed by atoms with Crippen LogP contribution >= 0.6 is 0 Å². The summed E-state index contributed by atoms with van der Waals surface area (Å²) in [6.07, 6.45) is 6.65. The topological polar surface area (TPSA) is 73.1 Å². The summed E-state index contributed by atoms with van der Waals surface area (Å²) in [5.74, 6) is 2.03. The highest BCUT2D eigenvalue weighted by Gasteiger charge is 2.17. The average Bonchev–Trinajstić information content (AvgIpc) is 3.08. The summed E-state index contributed by atoms with van der Waals surface area (Å²) in [6, 6.07) is 3.99. The number of likely N-dealkylation sites (N-methyl/N-ethyl adjacent to an activating group) is 1. The van der Waals surface area contributed by atoms with Crippen molar-refractivity contribution in [1.29, 1.82) is 0 Å². The number of amides is 1. The van der Waals surface area contributed by atoms with E-state index < -0.39 is 0 Å². The van der Waals surface area contributed by atoms with E-state index >= 15 is 0 Å². The number of carbonyl (C=O) groups is 1. The van der Waals surface area contributed by atoms with Gasteiger partial charge in [0.15, 0.2) is 5.96 Å². The monoisotopic (exact) mass is 377 g/mol. The molecule has 1 amide bonds. The molecule has 1 saturated heterocycles. The Morgan fingerprint density at radius 1 is 1.33 bits per heavy atom. The van der Waals surface area contributed by atoms with Gasteiger partial charge in [-0.3, -0.25) is 14.7 Å². The van der Waals surface area contributed by atoms with Gasteiger partial charge in [-0.2, -0.15) is 0 Å². The van der Waals surface area contributed by atoms with Gasteiger partial charge in [0.2, 0.25) is 5.91 Å². The summed E-state index contributed by atoms with van der Waals surface area (Å²) in [5.41, 5.74) is 0. The summed E-state index contributed by atoms with van der Waals surface area (Å²) in [6.45, 7) is 5.99. The van der Waals surface area contributed by atoms with Crippen molar-refractivity contribution in [1.82, 2.24) is 20.4 Å². The summed E-state index contributed by atoms with van der Waals surface area (Å²) in [4.78, 5) is 20.9. The van der Waals surface area contributed by atoms with Gasteiger partial charge < -0.3 is 20.0 Å². The van der Waals surface area contributed by atoms with Crippen LogP contribution in [0.2, 0.25) is 0 Å². The first-order valence-corrected chi connectivity index (χ1v) is 10.1. The van der Waals surface area contributed by atoms with Gasteiger partial charge in [0.25, 0.3) is 0 Å². The van der Waals surface area contributed by atoms with E-state index in [1.807, 2.05) is 31.1 Å². The largest absolute Gasteiger partial charge is 0.468 e. The average molecular weight is 378 g/mol. The lowest BCUT2D eigenvalue weighted by Crippen LogP contribution is -2.40. The molecule has 7 nitrogen and oxygen atoms in total. The molecule has 152 valence electrons. The van der Waals surface area contributed by atoms with E-state index in [0.29, 0.717) is 18.9 Å². The highest BCUT2D eigenvalue weighted by atomic mass is 16.3. The molecule has 0 aliphatic carbocycles. The molecule has 1 aromatic rings. The van der Waals surface area contributed by atoms with Gasteiger partial charge in [-0.25, -0.2) is 0 Å². The lowest BCUT2D eigenvalue weighted by Gasteiger charge is -2.22. The zero-order valence-electron chi connectivity index (χ0n) is 17.0. The van der Waals surface area contributed by atoms with Crippen molar-refractivity contribution >= 4 is 11.9 Å². The Balaban J connectivity index is 1.81. The fraction of sp³-hybridized carbons (Fsp3) is 0.700. The number of hydrogen-bond acceptors (Lipinski definition) is 4. The molecular weight excluding hydrogens is 342 g/mol. The van der Waals surface area contributed by atoms with Crippen LogP contribution in [0.15, 0.2) is 27.8 Å². The molecule has 0 radical (unpaired) electrons. The number of nitrogens with one attached hydrogen (secondary N) is 2. The van der Waals surface area contributed by atoms with Crippen molar-refractivity contribution in [2.45, 2.75) is 45.1 Å². The molecule has 2 N–H and O–H groups in total. The van der Waals surface area contributed by atoms with Crippen molar-refractivity contribution in [2.75, 3.05) is 46.8 Å². The summed E-state index contributed by atoms with van der Waals surface area (Å²) < 4.78 is 5.55. The first-order valence-electron chi connectivity index (χ1n) is 10.1. The van der Waals surface area contributed by atoms with Gasteiger partial charge >= 0.3 is 0 Å². The summed E-state index contributed by atoms with van der Waals surface area (Å²) in [5, 5.41) is 6.67. The van der Waals surface area contributed by atoms with E-state index in [1.54, 1.807) is 6.26 Å². The Morgan fingerprint density at radius 3 is 2.89 bits per heavy atom. The standard InChI is InChI=1S/C20H35N5O2/c1-4-21-20(23-16-17(24(2)3)18-10-8-15-27-18)22-12-9-14-25-13-7-5-6-11-19(25)26/h8,10,15,17H,4-7,9,11-14,16H2,1-3H3,(H2,21,22,23). The van der Waals surface area contributed by atoms with Gasteiger partial charge in [-0.05, 0) is 52.4 Å². The second-order valence-electron chi connectivity index (χ2n) is 7.19. The number of guanidine groups is 1. The Labute approximate surface area is 163 Å². The predicted octanol–water partition coefficient (Wildman–Crippen LogP) is 2.23. The van der Waals surface area contributed by atoms with Crippen molar-refractivity contribution in [3.8, 4) is 0 Å². The molecule has 1 fully saturated rings. The van der Waals surface area contributed by atoms with Gasteiger partial charge in [0.05, 0.1) is 18.8 Å². The third-order valence-corrected chi connectivity index (χ3v) is 4.83. The van der Waals surface area contributed by atoms with Crippen LogP contribution in [0.4, 0.5) is 0 Å². The molecular formula is C20H35N5O2. The first-order chi connectivity index (χ1) is 13.1. The van der Waals surface area contributed by atoms with Gasteiger partial charge in [0, 0.05) is 32.6 Å². The number of nitrogens with zero attached hydrogens (tertiary/aromatic N) is 3. The van der Waals surface area contributed by atoms with Crippen LogP contribution in [0.5, 0.6) is 0 Å². The highest BCUT2D eigenvalue weighted by molar-refractivity contribution is 5.79. The molecule has 0 saturated carbocycles. The zero-order valence-corrected chi connectivity index (χ0v) is 17.0. The maximum Gasteiger partial charge on any atom is 0.222 e. The normalized spacial score (nSPS) is 17.1. The number of hydrogen-bond donors (Lipinski definition) is 2. The van der Waals surface area contributed by atoms with Crippen LogP contribution in [0.3, 0.4) is 0 Å². The molecule has 0 bridgehead atoms. The quantitative estimate of drug-likeness (QED) is 0.392.